The molecule has 0 amide bonds. The third kappa shape index (κ3) is 5.76. The van der Waals surface area contributed by atoms with Crippen molar-refractivity contribution in [3.8, 4) is 11.8 Å². The number of unbranched alkanes of at least 4 members (excludes halogenated alkanes) is 2. The molecule has 0 atom stereocenters. The van der Waals surface area contributed by atoms with E-state index in [9.17, 15) is 26.3 Å². The third-order valence-corrected chi connectivity index (χ3v) is 5.70. The Balaban J connectivity index is 1.79. The Morgan fingerprint density at radius 1 is 0.969 bits per heavy atom. The lowest BCUT2D eigenvalue weighted by atomic mass is 9.82. The SMILES string of the molecule is CCCC/C=C/c1c(F)cc(C#Cc2ccc(C3CCC(F)(F)CC3)c(F)c2F)cc1F. The number of alkyl halides is 2. The largest absolute Gasteiger partial charge is 0.248 e. The van der Waals surface area contributed by atoms with E-state index >= 15 is 0 Å². The van der Waals surface area contributed by atoms with Crippen LogP contribution in [-0.4, -0.2) is 5.92 Å². The van der Waals surface area contributed by atoms with Gasteiger partial charge in [-0.2, -0.15) is 0 Å². The van der Waals surface area contributed by atoms with Crippen LogP contribution in [0.25, 0.3) is 6.08 Å². The highest BCUT2D eigenvalue weighted by atomic mass is 19.3. The van der Waals surface area contributed by atoms with E-state index in [1.54, 1.807) is 6.08 Å². The second kappa shape index (κ2) is 10.3. The fourth-order valence-corrected chi connectivity index (χ4v) is 3.81. The molecule has 1 aliphatic rings. The molecule has 170 valence electrons. The summed E-state index contributed by atoms with van der Waals surface area (Å²) in [5.74, 6) is -2.26. The van der Waals surface area contributed by atoms with Gasteiger partial charge in [-0.05, 0) is 48.9 Å². The van der Waals surface area contributed by atoms with Crippen LogP contribution in [0.4, 0.5) is 26.3 Å². The highest BCUT2D eigenvalue weighted by molar-refractivity contribution is 5.54. The smallest absolute Gasteiger partial charge is 0.207 e. The summed E-state index contributed by atoms with van der Waals surface area (Å²) in [6, 6.07) is 4.70. The summed E-state index contributed by atoms with van der Waals surface area (Å²) in [5, 5.41) is 0. The minimum absolute atomic E-state index is 0.0101. The maximum absolute atomic E-state index is 14.6. The molecule has 0 nitrogen and oxygen atoms in total. The molecule has 0 spiro atoms. The lowest BCUT2D eigenvalue weighted by molar-refractivity contribution is -0.0384. The van der Waals surface area contributed by atoms with Crippen LogP contribution in [-0.2, 0) is 0 Å². The molecule has 0 bridgehead atoms. The maximum Gasteiger partial charge on any atom is 0.248 e. The molecule has 0 heterocycles. The standard InChI is InChI=1S/C26H24F6/c1-2-3-4-5-6-21-22(27)15-17(16-23(21)28)7-8-19-9-10-20(25(30)24(19)29)18-11-13-26(31,32)14-12-18/h5-6,9-10,15-16,18H,2-4,11-14H2,1H3/b6-5+. The highest BCUT2D eigenvalue weighted by Crippen LogP contribution is 2.41. The van der Waals surface area contributed by atoms with Gasteiger partial charge in [-0.3, -0.25) is 0 Å². The molecule has 1 saturated carbocycles. The van der Waals surface area contributed by atoms with Crippen molar-refractivity contribution < 1.29 is 26.3 Å². The molecule has 3 rings (SSSR count). The van der Waals surface area contributed by atoms with Gasteiger partial charge in [0.05, 0.1) is 5.56 Å². The molecular weight excluding hydrogens is 426 g/mol. The number of rotatable bonds is 5. The van der Waals surface area contributed by atoms with Crippen molar-refractivity contribution in [1.82, 2.24) is 0 Å². The Labute approximate surface area is 184 Å². The van der Waals surface area contributed by atoms with E-state index in [1.807, 2.05) is 6.92 Å². The first kappa shape index (κ1) is 24.0. The monoisotopic (exact) mass is 450 g/mol. The van der Waals surface area contributed by atoms with E-state index in [0.717, 1.165) is 25.0 Å². The Morgan fingerprint density at radius 3 is 2.25 bits per heavy atom. The van der Waals surface area contributed by atoms with E-state index in [-0.39, 0.29) is 47.9 Å². The molecule has 0 aromatic heterocycles. The summed E-state index contributed by atoms with van der Waals surface area (Å²) < 4.78 is 84.2. The number of benzene rings is 2. The van der Waals surface area contributed by atoms with Gasteiger partial charge in [0.1, 0.15) is 11.6 Å². The van der Waals surface area contributed by atoms with Gasteiger partial charge in [0.2, 0.25) is 5.92 Å². The third-order valence-electron chi connectivity index (χ3n) is 5.70. The molecule has 32 heavy (non-hydrogen) atoms. The molecule has 0 aliphatic heterocycles. The molecule has 1 fully saturated rings. The first-order valence-electron chi connectivity index (χ1n) is 10.7. The van der Waals surface area contributed by atoms with Gasteiger partial charge >= 0.3 is 0 Å². The van der Waals surface area contributed by atoms with E-state index in [4.69, 9.17) is 0 Å². The number of halogens is 6. The Kier molecular flexibility index (Phi) is 7.71. The van der Waals surface area contributed by atoms with E-state index < -0.39 is 35.1 Å². The molecule has 1 aliphatic carbocycles. The summed E-state index contributed by atoms with van der Waals surface area (Å²) >= 11 is 0. The van der Waals surface area contributed by atoms with Gasteiger partial charge in [-0.25, -0.2) is 26.3 Å². The average molecular weight is 450 g/mol. The van der Waals surface area contributed by atoms with Crippen molar-refractivity contribution in [2.24, 2.45) is 0 Å². The Hall–Kier alpha value is -2.68. The van der Waals surface area contributed by atoms with Gasteiger partial charge < -0.3 is 0 Å². The zero-order valence-corrected chi connectivity index (χ0v) is 17.8. The summed E-state index contributed by atoms with van der Waals surface area (Å²) in [5.41, 5.74) is -0.396. The summed E-state index contributed by atoms with van der Waals surface area (Å²) in [6.45, 7) is 2.02. The minimum atomic E-state index is -2.76. The van der Waals surface area contributed by atoms with Gasteiger partial charge in [0.15, 0.2) is 11.6 Å². The summed E-state index contributed by atoms with van der Waals surface area (Å²) in [4.78, 5) is 0. The number of hydrogen-bond donors (Lipinski definition) is 0. The lowest BCUT2D eigenvalue weighted by Crippen LogP contribution is -2.24. The molecule has 6 heteroatoms. The zero-order valence-electron chi connectivity index (χ0n) is 17.8. The highest BCUT2D eigenvalue weighted by Gasteiger charge is 2.36. The van der Waals surface area contributed by atoms with Crippen molar-refractivity contribution >= 4 is 6.08 Å². The second-order valence-electron chi connectivity index (χ2n) is 8.11. The predicted octanol–water partition coefficient (Wildman–Crippen LogP) is 8.14. The molecule has 0 N–H and O–H groups in total. The first-order valence-corrected chi connectivity index (χ1v) is 10.7. The predicted molar refractivity (Wildman–Crippen MR) is 113 cm³/mol. The van der Waals surface area contributed by atoms with Crippen molar-refractivity contribution in [1.29, 1.82) is 0 Å². The van der Waals surface area contributed by atoms with Gasteiger partial charge in [0, 0.05) is 24.0 Å². The molecule has 2 aromatic carbocycles. The fraction of sp³-hybridized carbons (Fsp3) is 0.385. The van der Waals surface area contributed by atoms with E-state index in [2.05, 4.69) is 11.8 Å². The van der Waals surface area contributed by atoms with Crippen molar-refractivity contribution in [2.45, 2.75) is 63.7 Å². The van der Waals surface area contributed by atoms with Gasteiger partial charge in [-0.15, -0.1) is 0 Å². The van der Waals surface area contributed by atoms with Crippen LogP contribution in [0.5, 0.6) is 0 Å². The van der Waals surface area contributed by atoms with Crippen LogP contribution in [0.3, 0.4) is 0 Å². The molecule has 0 unspecified atom stereocenters. The number of hydrogen-bond acceptors (Lipinski definition) is 0. The van der Waals surface area contributed by atoms with Gasteiger partial charge in [0.25, 0.3) is 0 Å². The van der Waals surface area contributed by atoms with E-state index in [0.29, 0.717) is 6.42 Å². The van der Waals surface area contributed by atoms with Crippen LogP contribution >= 0.6 is 0 Å². The molecule has 2 aromatic rings. The van der Waals surface area contributed by atoms with Crippen molar-refractivity contribution in [3.05, 3.63) is 75.9 Å². The fourth-order valence-electron chi connectivity index (χ4n) is 3.81. The Bertz CT molecular complexity index is 1020. The van der Waals surface area contributed by atoms with Crippen molar-refractivity contribution in [3.63, 3.8) is 0 Å². The van der Waals surface area contributed by atoms with Crippen LogP contribution in [0, 0.1) is 35.1 Å². The quantitative estimate of drug-likeness (QED) is 0.245. The van der Waals surface area contributed by atoms with Crippen LogP contribution in [0.1, 0.15) is 80.0 Å². The average Bonchev–Trinajstić information content (AvgIpc) is 2.74. The molecule has 0 radical (unpaired) electrons. The van der Waals surface area contributed by atoms with Crippen LogP contribution in [0.15, 0.2) is 30.3 Å². The van der Waals surface area contributed by atoms with Gasteiger partial charge in [-0.1, -0.05) is 49.8 Å². The lowest BCUT2D eigenvalue weighted by Gasteiger charge is -2.28. The number of allylic oxidation sites excluding steroid dienone is 1. The van der Waals surface area contributed by atoms with Crippen LogP contribution < -0.4 is 0 Å². The summed E-state index contributed by atoms with van der Waals surface area (Å²) in [6.07, 6.45) is 5.10. The summed E-state index contributed by atoms with van der Waals surface area (Å²) in [7, 11) is 0. The zero-order chi connectivity index (χ0) is 23.3. The molecule has 0 saturated heterocycles. The first-order chi connectivity index (χ1) is 15.2. The second-order valence-corrected chi connectivity index (χ2v) is 8.11. The minimum Gasteiger partial charge on any atom is -0.207 e. The molecular formula is C26H24F6. The topological polar surface area (TPSA) is 0 Å². The van der Waals surface area contributed by atoms with E-state index in [1.165, 1.54) is 18.2 Å². The Morgan fingerprint density at radius 2 is 1.62 bits per heavy atom. The van der Waals surface area contributed by atoms with Crippen molar-refractivity contribution in [2.75, 3.05) is 0 Å². The van der Waals surface area contributed by atoms with Crippen LogP contribution in [0.2, 0.25) is 0 Å². The normalized spacial score (nSPS) is 16.2. The maximum atomic E-state index is 14.6.